The molecule has 0 atom stereocenters. The molecule has 0 saturated heterocycles. The first-order chi connectivity index (χ1) is 20.4. The average Bonchev–Trinajstić information content (AvgIpc) is 3.64. The van der Waals surface area contributed by atoms with Gasteiger partial charge in [-0.05, 0) is 94.7 Å². The number of fused-ring (bicyclic) bond motifs is 13. The van der Waals surface area contributed by atoms with Crippen molar-refractivity contribution in [2.24, 2.45) is 0 Å². The Kier molecular flexibility index (Phi) is 3.95. The minimum atomic E-state index is -0.319. The van der Waals surface area contributed by atoms with Crippen molar-refractivity contribution in [3.8, 4) is 55.6 Å². The lowest BCUT2D eigenvalue weighted by Crippen LogP contribution is -2.25. The molecule has 0 saturated carbocycles. The van der Waals surface area contributed by atoms with Crippen LogP contribution >= 0.6 is 0 Å². The van der Waals surface area contributed by atoms with Crippen LogP contribution in [0.4, 0.5) is 0 Å². The van der Waals surface area contributed by atoms with E-state index < -0.39 is 0 Å². The Morgan fingerprint density at radius 2 is 0.732 bits per heavy atom. The van der Waals surface area contributed by atoms with Gasteiger partial charge in [0.2, 0.25) is 0 Å². The minimum absolute atomic E-state index is 0.319. The van der Waals surface area contributed by atoms with Crippen LogP contribution in [0, 0.1) is 0 Å². The van der Waals surface area contributed by atoms with Gasteiger partial charge in [0.15, 0.2) is 0 Å². The molecule has 3 aliphatic rings. The van der Waals surface area contributed by atoms with E-state index in [0.717, 1.165) is 0 Å². The van der Waals surface area contributed by atoms with E-state index in [-0.39, 0.29) is 5.41 Å². The maximum absolute atomic E-state index is 2.50. The molecular weight excluding hydrogens is 492 g/mol. The second-order valence-corrected chi connectivity index (χ2v) is 11.6. The Balaban J connectivity index is 1.29. The smallest absolute Gasteiger partial charge is 0.0619 e. The van der Waals surface area contributed by atoms with Crippen LogP contribution in [0.25, 0.3) is 66.4 Å². The molecule has 0 heteroatoms. The minimum Gasteiger partial charge on any atom is -0.0619 e. The molecule has 0 fully saturated rings. The highest BCUT2D eigenvalue weighted by atomic mass is 14.5. The van der Waals surface area contributed by atoms with Gasteiger partial charge in [0.1, 0.15) is 0 Å². The van der Waals surface area contributed by atoms with Gasteiger partial charge in [-0.1, -0.05) is 140 Å². The first-order valence-corrected chi connectivity index (χ1v) is 14.5. The summed E-state index contributed by atoms with van der Waals surface area (Å²) >= 11 is 0. The summed E-state index contributed by atoms with van der Waals surface area (Å²) in [6.07, 6.45) is 0. The SMILES string of the molecule is c1ccc2c(c1)-c1cccc3c(-c4ccc5c(c4)C4(c6ccccc6-c6ccccc64)c4ccccc4-5)ccc-2c13. The van der Waals surface area contributed by atoms with Gasteiger partial charge in [-0.25, -0.2) is 0 Å². The maximum atomic E-state index is 2.50. The molecule has 0 aromatic heterocycles. The third kappa shape index (κ3) is 2.48. The summed E-state index contributed by atoms with van der Waals surface area (Å²) in [7, 11) is 0. The molecule has 188 valence electrons. The van der Waals surface area contributed by atoms with Crippen molar-refractivity contribution in [3.63, 3.8) is 0 Å². The highest BCUT2D eigenvalue weighted by molar-refractivity contribution is 6.18. The van der Waals surface area contributed by atoms with E-state index in [2.05, 4.69) is 146 Å². The Morgan fingerprint density at radius 3 is 1.34 bits per heavy atom. The first kappa shape index (κ1) is 21.6. The lowest BCUT2D eigenvalue weighted by atomic mass is 9.70. The number of hydrogen-bond donors (Lipinski definition) is 0. The molecule has 10 rings (SSSR count). The normalized spacial score (nSPS) is 14.0. The average molecular weight is 517 g/mol. The van der Waals surface area contributed by atoms with Gasteiger partial charge in [0.25, 0.3) is 0 Å². The molecule has 0 amide bonds. The zero-order chi connectivity index (χ0) is 26.7. The maximum Gasteiger partial charge on any atom is 0.0725 e. The quantitative estimate of drug-likeness (QED) is 0.204. The molecule has 0 N–H and O–H groups in total. The van der Waals surface area contributed by atoms with E-state index in [1.54, 1.807) is 0 Å². The van der Waals surface area contributed by atoms with Crippen molar-refractivity contribution in [2.45, 2.75) is 5.41 Å². The fourth-order valence-electron chi connectivity index (χ4n) is 8.32. The van der Waals surface area contributed by atoms with Crippen LogP contribution in [0.2, 0.25) is 0 Å². The Morgan fingerprint density at radius 1 is 0.293 bits per heavy atom. The first-order valence-electron chi connectivity index (χ1n) is 14.5. The van der Waals surface area contributed by atoms with Crippen LogP contribution in [0.1, 0.15) is 22.3 Å². The highest BCUT2D eigenvalue weighted by Gasteiger charge is 2.51. The molecule has 41 heavy (non-hydrogen) atoms. The lowest BCUT2D eigenvalue weighted by molar-refractivity contribution is 0.794. The predicted octanol–water partition coefficient (Wildman–Crippen LogP) is 10.5. The summed E-state index contributed by atoms with van der Waals surface area (Å²) in [6.45, 7) is 0. The van der Waals surface area contributed by atoms with Crippen LogP contribution in [-0.4, -0.2) is 0 Å². The van der Waals surface area contributed by atoms with E-state index in [0.29, 0.717) is 0 Å². The fraction of sp³-hybridized carbons (Fsp3) is 0.0244. The molecule has 7 aromatic rings. The molecule has 0 nitrogen and oxygen atoms in total. The summed E-state index contributed by atoms with van der Waals surface area (Å²) in [5.74, 6) is 0. The largest absolute Gasteiger partial charge is 0.0725 e. The number of hydrogen-bond acceptors (Lipinski definition) is 0. The van der Waals surface area contributed by atoms with Crippen LogP contribution in [0.5, 0.6) is 0 Å². The van der Waals surface area contributed by atoms with E-state index in [1.165, 1.54) is 88.7 Å². The van der Waals surface area contributed by atoms with Crippen LogP contribution in [0.3, 0.4) is 0 Å². The summed E-state index contributed by atoms with van der Waals surface area (Å²) in [5.41, 5.74) is 18.6. The van der Waals surface area contributed by atoms with Gasteiger partial charge in [-0.15, -0.1) is 0 Å². The third-order valence-electron chi connectivity index (χ3n) is 9.86. The molecule has 0 unspecified atom stereocenters. The highest BCUT2D eigenvalue weighted by Crippen LogP contribution is 2.63. The van der Waals surface area contributed by atoms with E-state index in [4.69, 9.17) is 0 Å². The van der Waals surface area contributed by atoms with Crippen LogP contribution in [0.15, 0.2) is 146 Å². The predicted molar refractivity (Wildman–Crippen MR) is 170 cm³/mol. The van der Waals surface area contributed by atoms with Gasteiger partial charge >= 0.3 is 0 Å². The van der Waals surface area contributed by atoms with Crippen LogP contribution < -0.4 is 0 Å². The monoisotopic (exact) mass is 516 g/mol. The van der Waals surface area contributed by atoms with Gasteiger partial charge in [0, 0.05) is 0 Å². The van der Waals surface area contributed by atoms with Gasteiger partial charge < -0.3 is 0 Å². The zero-order valence-electron chi connectivity index (χ0n) is 22.4. The third-order valence-corrected chi connectivity index (χ3v) is 9.86. The molecule has 0 bridgehead atoms. The van der Waals surface area contributed by atoms with Crippen molar-refractivity contribution in [3.05, 3.63) is 168 Å². The van der Waals surface area contributed by atoms with E-state index in [1.807, 2.05) is 0 Å². The Labute approximate surface area is 239 Å². The topological polar surface area (TPSA) is 0 Å². The summed E-state index contributed by atoms with van der Waals surface area (Å²) in [6, 6.07) is 54.7. The zero-order valence-corrected chi connectivity index (χ0v) is 22.4. The Bertz CT molecular complexity index is 2170. The van der Waals surface area contributed by atoms with Gasteiger partial charge in [-0.2, -0.15) is 0 Å². The fourth-order valence-corrected chi connectivity index (χ4v) is 8.32. The molecule has 0 radical (unpaired) electrons. The van der Waals surface area contributed by atoms with Crippen molar-refractivity contribution in [2.75, 3.05) is 0 Å². The number of benzene rings is 7. The summed E-state index contributed by atoms with van der Waals surface area (Å²) in [4.78, 5) is 0. The van der Waals surface area contributed by atoms with E-state index in [9.17, 15) is 0 Å². The van der Waals surface area contributed by atoms with E-state index >= 15 is 0 Å². The summed E-state index contributed by atoms with van der Waals surface area (Å²) in [5, 5.41) is 2.70. The molecule has 7 aromatic carbocycles. The molecule has 3 aliphatic carbocycles. The van der Waals surface area contributed by atoms with Crippen molar-refractivity contribution >= 4 is 10.8 Å². The van der Waals surface area contributed by atoms with Gasteiger partial charge in [-0.3, -0.25) is 0 Å². The standard InChI is InChI=1S/C41H24/c1-2-11-28-27(10-1)34-16-9-15-33-26(22-23-35(28)40(33)34)25-20-21-32-31-14-5-8-19-38(31)41(39(32)24-25)36-17-6-3-12-29(36)30-13-4-7-18-37(30)41/h1-24H. The second-order valence-electron chi connectivity index (χ2n) is 11.6. The second kappa shape index (κ2) is 7.50. The lowest BCUT2D eigenvalue weighted by Gasteiger charge is -2.30. The Hall–Kier alpha value is -5.20. The van der Waals surface area contributed by atoms with Crippen LogP contribution in [-0.2, 0) is 5.41 Å². The van der Waals surface area contributed by atoms with Crippen molar-refractivity contribution < 1.29 is 0 Å². The van der Waals surface area contributed by atoms with Crippen molar-refractivity contribution in [1.29, 1.82) is 0 Å². The summed E-state index contributed by atoms with van der Waals surface area (Å²) < 4.78 is 0. The molecule has 0 aliphatic heterocycles. The van der Waals surface area contributed by atoms with Crippen molar-refractivity contribution in [1.82, 2.24) is 0 Å². The molecular formula is C41H24. The molecule has 0 heterocycles. The molecule has 1 spiro atoms. The van der Waals surface area contributed by atoms with Gasteiger partial charge in [0.05, 0.1) is 5.41 Å². The number of rotatable bonds is 1.